The number of fused-ring (bicyclic) bond motifs is 10. The molecule has 1 aliphatic carbocycles. The molecule has 282 valence electrons. The smallest absolute Gasteiger partial charge is 0.145 e. The quantitative estimate of drug-likeness (QED) is 0.189. The molecule has 12 rings (SSSR count). The molecule has 1 atom stereocenters. The van der Waals surface area contributed by atoms with Crippen LogP contribution < -0.4 is 10.2 Å². The molecule has 0 saturated carbocycles. The summed E-state index contributed by atoms with van der Waals surface area (Å²) >= 11 is 0. The van der Waals surface area contributed by atoms with Crippen LogP contribution in [-0.2, 0) is 5.41 Å². The molecule has 2 aliphatic heterocycles. The zero-order valence-corrected chi connectivity index (χ0v) is 32.8. The van der Waals surface area contributed by atoms with Gasteiger partial charge in [0.2, 0.25) is 0 Å². The lowest BCUT2D eigenvalue weighted by Crippen LogP contribution is -2.36. The predicted octanol–water partition coefficient (Wildman–Crippen LogP) is 14.1. The second-order valence-electron chi connectivity index (χ2n) is 15.9. The lowest BCUT2D eigenvalue weighted by molar-refractivity contribution is 0.753. The average molecular weight is 766 g/mol. The summed E-state index contributed by atoms with van der Waals surface area (Å²) in [6.45, 7) is 0. The van der Waals surface area contributed by atoms with Crippen LogP contribution in [0.4, 0.5) is 22.7 Å². The highest BCUT2D eigenvalue weighted by Crippen LogP contribution is 2.63. The van der Waals surface area contributed by atoms with Crippen LogP contribution >= 0.6 is 0 Å². The number of benzene rings is 9. The Hall–Kier alpha value is -7.75. The molecule has 2 heterocycles. The van der Waals surface area contributed by atoms with E-state index in [0.717, 1.165) is 33.8 Å². The van der Waals surface area contributed by atoms with E-state index in [2.05, 4.69) is 235 Å². The SMILES string of the molecule is c1ccc(-c2ccc(C3N=C(c4ccc(-c5ccc6c(c5)C5(c7ccccc7-6)c6ccccc6N(c6ccccc6)c6ccccc65)cc4)c4ccccc4N3)cc2)cc1. The first-order valence-corrected chi connectivity index (χ1v) is 20.7. The average Bonchev–Trinajstić information content (AvgIpc) is 3.62. The van der Waals surface area contributed by atoms with Gasteiger partial charge in [0.25, 0.3) is 0 Å². The molecule has 3 heteroatoms. The molecule has 0 saturated heterocycles. The fraction of sp³-hybridized carbons (Fsp3) is 0.0351. The molecule has 60 heavy (non-hydrogen) atoms. The Morgan fingerprint density at radius 2 is 0.883 bits per heavy atom. The fourth-order valence-corrected chi connectivity index (χ4v) is 10.0. The van der Waals surface area contributed by atoms with Gasteiger partial charge in [-0.25, -0.2) is 0 Å². The van der Waals surface area contributed by atoms with Crippen molar-refractivity contribution in [2.24, 2.45) is 4.99 Å². The third-order valence-electron chi connectivity index (χ3n) is 12.7. The first kappa shape index (κ1) is 34.3. The molecule has 3 nitrogen and oxygen atoms in total. The molecule has 1 spiro atoms. The second-order valence-corrected chi connectivity index (χ2v) is 15.9. The molecular weight excluding hydrogens is 727 g/mol. The molecule has 0 fully saturated rings. The summed E-state index contributed by atoms with van der Waals surface area (Å²) in [7, 11) is 0. The number of nitrogens with one attached hydrogen (secondary N) is 1. The van der Waals surface area contributed by atoms with Gasteiger partial charge in [0.05, 0.1) is 22.5 Å². The summed E-state index contributed by atoms with van der Waals surface area (Å²) < 4.78 is 0. The maximum atomic E-state index is 5.37. The summed E-state index contributed by atoms with van der Waals surface area (Å²) in [5.41, 5.74) is 21.0. The highest BCUT2D eigenvalue weighted by molar-refractivity contribution is 6.17. The Bertz CT molecular complexity index is 3060. The first-order chi connectivity index (χ1) is 29.8. The van der Waals surface area contributed by atoms with E-state index in [9.17, 15) is 0 Å². The Morgan fingerprint density at radius 1 is 0.383 bits per heavy atom. The third kappa shape index (κ3) is 5.19. The van der Waals surface area contributed by atoms with E-state index in [1.807, 2.05) is 0 Å². The number of para-hydroxylation sites is 4. The van der Waals surface area contributed by atoms with Crippen molar-refractivity contribution in [1.29, 1.82) is 0 Å². The van der Waals surface area contributed by atoms with Crippen molar-refractivity contribution in [3.63, 3.8) is 0 Å². The van der Waals surface area contributed by atoms with Gasteiger partial charge in [-0.05, 0) is 97.6 Å². The van der Waals surface area contributed by atoms with Gasteiger partial charge >= 0.3 is 0 Å². The summed E-state index contributed by atoms with van der Waals surface area (Å²) in [6.07, 6.45) is -0.201. The van der Waals surface area contributed by atoms with E-state index < -0.39 is 5.41 Å². The molecular formula is C57H39N3. The van der Waals surface area contributed by atoms with Gasteiger partial charge < -0.3 is 10.2 Å². The summed E-state index contributed by atoms with van der Waals surface area (Å²) in [5, 5.41) is 3.70. The zero-order valence-electron chi connectivity index (χ0n) is 32.8. The molecule has 0 bridgehead atoms. The Labute approximate surface area is 350 Å². The van der Waals surface area contributed by atoms with Crippen LogP contribution in [-0.4, -0.2) is 5.71 Å². The minimum Gasteiger partial charge on any atom is -0.360 e. The van der Waals surface area contributed by atoms with Crippen molar-refractivity contribution in [1.82, 2.24) is 0 Å². The monoisotopic (exact) mass is 765 g/mol. The van der Waals surface area contributed by atoms with Gasteiger partial charge in [-0.1, -0.05) is 188 Å². The van der Waals surface area contributed by atoms with E-state index in [-0.39, 0.29) is 6.17 Å². The third-order valence-corrected chi connectivity index (χ3v) is 12.7. The zero-order chi connectivity index (χ0) is 39.6. The molecule has 1 N–H and O–H groups in total. The molecule has 3 aliphatic rings. The normalized spacial score (nSPS) is 15.2. The van der Waals surface area contributed by atoms with Crippen molar-refractivity contribution in [2.75, 3.05) is 10.2 Å². The highest BCUT2D eigenvalue weighted by Gasteiger charge is 2.51. The maximum Gasteiger partial charge on any atom is 0.145 e. The van der Waals surface area contributed by atoms with Crippen molar-refractivity contribution < 1.29 is 0 Å². The van der Waals surface area contributed by atoms with Crippen molar-refractivity contribution in [2.45, 2.75) is 11.6 Å². The van der Waals surface area contributed by atoms with Crippen LogP contribution in [0.2, 0.25) is 0 Å². The summed E-state index contributed by atoms with van der Waals surface area (Å²) in [6, 6.07) is 81.7. The van der Waals surface area contributed by atoms with Crippen molar-refractivity contribution >= 4 is 28.5 Å². The first-order valence-electron chi connectivity index (χ1n) is 20.7. The van der Waals surface area contributed by atoms with Gasteiger partial charge in [0, 0.05) is 22.5 Å². The lowest BCUT2D eigenvalue weighted by atomic mass is 9.64. The Balaban J connectivity index is 0.963. The number of hydrogen-bond acceptors (Lipinski definition) is 3. The van der Waals surface area contributed by atoms with E-state index in [1.165, 1.54) is 67.0 Å². The number of anilines is 4. The van der Waals surface area contributed by atoms with E-state index >= 15 is 0 Å². The molecule has 0 aromatic heterocycles. The largest absolute Gasteiger partial charge is 0.360 e. The van der Waals surface area contributed by atoms with Gasteiger partial charge in [-0.2, -0.15) is 0 Å². The minimum atomic E-state index is -0.498. The second kappa shape index (κ2) is 13.7. The van der Waals surface area contributed by atoms with Gasteiger partial charge in [0.15, 0.2) is 0 Å². The van der Waals surface area contributed by atoms with Crippen LogP contribution in [0.3, 0.4) is 0 Å². The Kier molecular flexibility index (Phi) is 7.82. The molecule has 9 aromatic carbocycles. The minimum absolute atomic E-state index is 0.201. The number of rotatable bonds is 5. The van der Waals surface area contributed by atoms with E-state index in [4.69, 9.17) is 4.99 Å². The van der Waals surface area contributed by atoms with Gasteiger partial charge in [-0.15, -0.1) is 0 Å². The van der Waals surface area contributed by atoms with Crippen molar-refractivity contribution in [3.05, 3.63) is 263 Å². The standard InChI is InChI=1S/C57H39N3/c1-3-15-38(16-4-1)39-29-33-42(34-30-39)56-58-52-24-12-8-20-47(52)55(59-56)41-31-27-40(28-32-41)43-35-36-46-45-19-7-9-21-48(45)57(51(46)37-43)49-22-10-13-25-53(49)60(44-17-5-2-6-18-44)54-26-14-11-23-50(54)57/h1-37,56,58H. The topological polar surface area (TPSA) is 27.6 Å². The van der Waals surface area contributed by atoms with Crippen LogP contribution in [0.25, 0.3) is 33.4 Å². The maximum absolute atomic E-state index is 5.37. The van der Waals surface area contributed by atoms with Crippen LogP contribution in [0, 0.1) is 0 Å². The van der Waals surface area contributed by atoms with E-state index in [0.29, 0.717) is 0 Å². The van der Waals surface area contributed by atoms with Crippen LogP contribution in [0.15, 0.2) is 229 Å². The fourth-order valence-electron chi connectivity index (χ4n) is 10.0. The number of nitrogens with zero attached hydrogens (tertiary/aromatic N) is 2. The van der Waals surface area contributed by atoms with Gasteiger partial charge in [0.1, 0.15) is 6.17 Å². The lowest BCUT2D eigenvalue weighted by Gasteiger charge is -2.45. The molecule has 0 radical (unpaired) electrons. The van der Waals surface area contributed by atoms with Gasteiger partial charge in [-0.3, -0.25) is 4.99 Å². The molecule has 9 aromatic rings. The summed E-state index contributed by atoms with van der Waals surface area (Å²) in [5.74, 6) is 0. The number of aliphatic imine (C=N–C) groups is 1. The predicted molar refractivity (Wildman–Crippen MR) is 248 cm³/mol. The highest BCUT2D eigenvalue weighted by atomic mass is 15.2. The van der Waals surface area contributed by atoms with Crippen LogP contribution in [0.5, 0.6) is 0 Å². The van der Waals surface area contributed by atoms with E-state index in [1.54, 1.807) is 0 Å². The van der Waals surface area contributed by atoms with Crippen LogP contribution in [0.1, 0.15) is 45.1 Å². The molecule has 1 unspecified atom stereocenters. The van der Waals surface area contributed by atoms with Crippen molar-refractivity contribution in [3.8, 4) is 33.4 Å². The number of hydrogen-bond donors (Lipinski definition) is 1. The molecule has 0 amide bonds. The Morgan fingerprint density at radius 3 is 1.60 bits per heavy atom. The summed E-state index contributed by atoms with van der Waals surface area (Å²) in [4.78, 5) is 7.80.